The highest BCUT2D eigenvalue weighted by molar-refractivity contribution is 5.97. The number of aliphatic hydroxyl groups is 1. The Bertz CT molecular complexity index is 1180. The van der Waals surface area contributed by atoms with Crippen molar-refractivity contribution in [1.29, 1.82) is 0 Å². The number of hydrogen-bond acceptors (Lipinski definition) is 6. The Kier molecular flexibility index (Phi) is 8.89. The molecule has 0 saturated heterocycles. The fraction of sp³-hybridized carbons (Fsp3) is 0.483. The van der Waals surface area contributed by atoms with Crippen molar-refractivity contribution in [3.05, 3.63) is 53.7 Å². The molecule has 204 valence electrons. The number of benzene rings is 1. The minimum absolute atomic E-state index is 0.129. The number of aliphatic hydroxyl groups excluding tert-OH is 1. The number of pyridine rings is 1. The standard InChI is InChI=1S/C29H38N4O5/c1-19-16-33(20(2)18-34)28(35)25-13-22(21-9-6-5-7-10-21)15-30-27(25)38-26(19)17-32(3)29(36)31-23-11-8-12-24(14-23)37-4/h8-9,11-15,19-20,26,34H,5-7,10,16-18H2,1-4H3,(H,31,36)/t19-,20-,26+/m0/s1. The smallest absolute Gasteiger partial charge is 0.321 e. The summed E-state index contributed by atoms with van der Waals surface area (Å²) in [7, 11) is 3.28. The molecule has 3 amide bonds. The number of rotatable bonds is 7. The van der Waals surface area contributed by atoms with Gasteiger partial charge in [-0.25, -0.2) is 9.78 Å². The van der Waals surface area contributed by atoms with Gasteiger partial charge in [-0.1, -0.05) is 19.1 Å². The second-order valence-corrected chi connectivity index (χ2v) is 10.2. The van der Waals surface area contributed by atoms with E-state index in [1.54, 1.807) is 42.3 Å². The monoisotopic (exact) mass is 522 g/mol. The molecular formula is C29H38N4O5. The number of nitrogens with one attached hydrogen (secondary N) is 1. The number of amides is 3. The van der Waals surface area contributed by atoms with Crippen LogP contribution in [-0.2, 0) is 0 Å². The van der Waals surface area contributed by atoms with Crippen molar-refractivity contribution in [1.82, 2.24) is 14.8 Å². The summed E-state index contributed by atoms with van der Waals surface area (Å²) in [6.45, 7) is 4.31. The zero-order valence-corrected chi connectivity index (χ0v) is 22.6. The number of likely N-dealkylation sites (N-methyl/N-ethyl adjacent to an activating group) is 1. The van der Waals surface area contributed by atoms with Gasteiger partial charge in [0.1, 0.15) is 17.4 Å². The van der Waals surface area contributed by atoms with Crippen LogP contribution in [0.1, 0.15) is 55.5 Å². The highest BCUT2D eigenvalue weighted by atomic mass is 16.5. The van der Waals surface area contributed by atoms with Gasteiger partial charge in [0.15, 0.2) is 0 Å². The van der Waals surface area contributed by atoms with Crippen LogP contribution >= 0.6 is 0 Å². The molecule has 2 aromatic rings. The molecule has 1 aliphatic carbocycles. The predicted octanol–water partition coefficient (Wildman–Crippen LogP) is 4.43. The third kappa shape index (κ3) is 6.27. The van der Waals surface area contributed by atoms with Crippen molar-refractivity contribution in [2.45, 2.75) is 51.7 Å². The van der Waals surface area contributed by atoms with Crippen molar-refractivity contribution in [3.63, 3.8) is 0 Å². The van der Waals surface area contributed by atoms with Gasteiger partial charge in [-0.2, -0.15) is 0 Å². The molecule has 0 radical (unpaired) electrons. The Morgan fingerprint density at radius 1 is 1.34 bits per heavy atom. The van der Waals surface area contributed by atoms with Crippen LogP contribution in [0.5, 0.6) is 11.6 Å². The summed E-state index contributed by atoms with van der Waals surface area (Å²) >= 11 is 0. The number of carbonyl (C=O) groups excluding carboxylic acids is 2. The molecule has 9 nitrogen and oxygen atoms in total. The first-order valence-corrected chi connectivity index (χ1v) is 13.2. The first-order valence-electron chi connectivity index (χ1n) is 13.2. The zero-order valence-electron chi connectivity index (χ0n) is 22.6. The molecule has 0 fully saturated rings. The first kappa shape index (κ1) is 27.4. The molecule has 2 heterocycles. The van der Waals surface area contributed by atoms with Crippen LogP contribution in [-0.4, -0.2) is 77.8 Å². The van der Waals surface area contributed by atoms with Crippen LogP contribution in [0.2, 0.25) is 0 Å². The van der Waals surface area contributed by atoms with E-state index in [4.69, 9.17) is 9.47 Å². The van der Waals surface area contributed by atoms with Gasteiger partial charge in [0.25, 0.3) is 5.91 Å². The topological polar surface area (TPSA) is 104 Å². The average molecular weight is 523 g/mol. The fourth-order valence-electron chi connectivity index (χ4n) is 4.87. The highest BCUT2D eigenvalue weighted by Gasteiger charge is 2.35. The van der Waals surface area contributed by atoms with Gasteiger partial charge < -0.3 is 29.7 Å². The lowest BCUT2D eigenvalue weighted by Gasteiger charge is -2.37. The molecule has 1 aromatic carbocycles. The number of aromatic nitrogens is 1. The van der Waals surface area contributed by atoms with Crippen molar-refractivity contribution >= 4 is 23.2 Å². The van der Waals surface area contributed by atoms with Crippen LogP contribution in [0.25, 0.3) is 5.57 Å². The van der Waals surface area contributed by atoms with Crippen molar-refractivity contribution < 1.29 is 24.2 Å². The Labute approximate surface area is 224 Å². The lowest BCUT2D eigenvalue weighted by atomic mass is 9.93. The van der Waals surface area contributed by atoms with Crippen molar-refractivity contribution in [3.8, 4) is 11.6 Å². The molecule has 9 heteroatoms. The van der Waals surface area contributed by atoms with E-state index in [1.807, 2.05) is 32.0 Å². The van der Waals surface area contributed by atoms with E-state index in [9.17, 15) is 14.7 Å². The minimum Gasteiger partial charge on any atom is -0.497 e. The summed E-state index contributed by atoms with van der Waals surface area (Å²) < 4.78 is 11.6. The lowest BCUT2D eigenvalue weighted by molar-refractivity contribution is 0.0356. The molecule has 2 N–H and O–H groups in total. The summed E-state index contributed by atoms with van der Waals surface area (Å²) in [5, 5.41) is 12.8. The van der Waals surface area contributed by atoms with E-state index in [1.165, 1.54) is 12.0 Å². The number of hydrogen-bond donors (Lipinski definition) is 2. The maximum Gasteiger partial charge on any atom is 0.321 e. The number of nitrogens with zero attached hydrogens (tertiary/aromatic N) is 3. The molecule has 0 bridgehead atoms. The third-order valence-electron chi connectivity index (χ3n) is 7.30. The number of methoxy groups -OCH3 is 1. The normalized spacial score (nSPS) is 20.3. The van der Waals surface area contributed by atoms with E-state index < -0.39 is 6.10 Å². The summed E-state index contributed by atoms with van der Waals surface area (Å²) in [6, 6.07) is 8.37. The van der Waals surface area contributed by atoms with Crippen LogP contribution < -0.4 is 14.8 Å². The van der Waals surface area contributed by atoms with Gasteiger partial charge in [-0.15, -0.1) is 0 Å². The molecule has 1 aliphatic heterocycles. The highest BCUT2D eigenvalue weighted by Crippen LogP contribution is 2.32. The summed E-state index contributed by atoms with van der Waals surface area (Å²) in [6.07, 6.45) is 7.83. The third-order valence-corrected chi connectivity index (χ3v) is 7.30. The van der Waals surface area contributed by atoms with E-state index >= 15 is 0 Å². The molecule has 0 saturated carbocycles. The van der Waals surface area contributed by atoms with Crippen molar-refractivity contribution in [2.75, 3.05) is 39.2 Å². The largest absolute Gasteiger partial charge is 0.497 e. The predicted molar refractivity (Wildman–Crippen MR) is 146 cm³/mol. The van der Waals surface area contributed by atoms with Gasteiger partial charge in [-0.05, 0) is 61.9 Å². The number of anilines is 1. The van der Waals surface area contributed by atoms with Gasteiger partial charge in [0.05, 0.1) is 26.3 Å². The second kappa shape index (κ2) is 12.3. The second-order valence-electron chi connectivity index (χ2n) is 10.2. The number of ether oxygens (including phenoxy) is 2. The van der Waals surface area contributed by atoms with E-state index in [2.05, 4.69) is 16.4 Å². The molecule has 2 aliphatic rings. The maximum atomic E-state index is 13.7. The Morgan fingerprint density at radius 3 is 2.87 bits per heavy atom. The molecule has 38 heavy (non-hydrogen) atoms. The molecule has 3 atom stereocenters. The Hall–Kier alpha value is -3.59. The van der Waals surface area contributed by atoms with Crippen LogP contribution in [0, 0.1) is 5.92 Å². The Morgan fingerprint density at radius 2 is 2.16 bits per heavy atom. The van der Waals surface area contributed by atoms with E-state index in [0.717, 1.165) is 24.8 Å². The SMILES string of the molecule is COc1cccc(NC(=O)N(C)C[C@H]2Oc3ncc(C4=CCCCC4)cc3C(=O)N([C@@H](C)CO)C[C@@H]2C)c1. The number of fused-ring (bicyclic) bond motifs is 1. The number of carbonyl (C=O) groups is 2. The summed E-state index contributed by atoms with van der Waals surface area (Å²) in [5.74, 6) is 0.567. The number of allylic oxidation sites excluding steroid dienone is 2. The first-order chi connectivity index (χ1) is 18.3. The minimum atomic E-state index is -0.427. The molecular weight excluding hydrogens is 484 g/mol. The van der Waals surface area contributed by atoms with Crippen LogP contribution in [0.15, 0.2) is 42.6 Å². The van der Waals surface area contributed by atoms with Crippen LogP contribution in [0.4, 0.5) is 10.5 Å². The summed E-state index contributed by atoms with van der Waals surface area (Å²) in [5.41, 5.74) is 3.13. The van der Waals surface area contributed by atoms with Crippen LogP contribution in [0.3, 0.4) is 0 Å². The van der Waals surface area contributed by atoms with Gasteiger partial charge >= 0.3 is 6.03 Å². The summed E-state index contributed by atoms with van der Waals surface area (Å²) in [4.78, 5) is 34.5. The lowest BCUT2D eigenvalue weighted by Crippen LogP contribution is -2.50. The molecule has 4 rings (SSSR count). The van der Waals surface area contributed by atoms with E-state index in [0.29, 0.717) is 23.5 Å². The fourth-order valence-corrected chi connectivity index (χ4v) is 4.87. The van der Waals surface area contributed by atoms with Crippen molar-refractivity contribution in [2.24, 2.45) is 5.92 Å². The molecule has 0 unspecified atom stereocenters. The quantitative estimate of drug-likeness (QED) is 0.558. The average Bonchev–Trinajstić information content (AvgIpc) is 2.94. The van der Waals surface area contributed by atoms with Gasteiger partial charge in [0.2, 0.25) is 5.88 Å². The van der Waals surface area contributed by atoms with E-state index in [-0.39, 0.29) is 42.9 Å². The zero-order chi connectivity index (χ0) is 27.2. The van der Waals surface area contributed by atoms with Gasteiger partial charge in [0, 0.05) is 37.5 Å². The number of urea groups is 1. The molecule has 1 aromatic heterocycles. The Balaban J connectivity index is 1.59. The van der Waals surface area contributed by atoms with Gasteiger partial charge in [-0.3, -0.25) is 4.79 Å². The maximum absolute atomic E-state index is 13.7. The molecule has 0 spiro atoms.